The maximum absolute atomic E-state index is 6.01. The van der Waals surface area contributed by atoms with Gasteiger partial charge in [0, 0.05) is 6.04 Å². The topological polar surface area (TPSA) is 21.3 Å². The van der Waals surface area contributed by atoms with Crippen molar-refractivity contribution in [3.8, 4) is 5.75 Å². The van der Waals surface area contributed by atoms with Crippen molar-refractivity contribution in [3.05, 3.63) is 29.8 Å². The highest BCUT2D eigenvalue weighted by atomic mass is 16.5. The second-order valence-corrected chi connectivity index (χ2v) is 5.65. The fraction of sp³-hybridized carbons (Fsp3) is 0.647. The molecule has 0 aliphatic heterocycles. The Morgan fingerprint density at radius 3 is 2.47 bits per heavy atom. The Morgan fingerprint density at radius 2 is 1.89 bits per heavy atom. The number of hydrogen-bond donors (Lipinski definition) is 1. The van der Waals surface area contributed by atoms with Crippen LogP contribution in [0.3, 0.4) is 0 Å². The van der Waals surface area contributed by atoms with Crippen LogP contribution in [0.2, 0.25) is 0 Å². The van der Waals surface area contributed by atoms with Gasteiger partial charge in [0.2, 0.25) is 0 Å². The first-order chi connectivity index (χ1) is 9.06. The van der Waals surface area contributed by atoms with E-state index in [4.69, 9.17) is 4.74 Å². The molecule has 1 aromatic rings. The van der Waals surface area contributed by atoms with Gasteiger partial charge < -0.3 is 10.1 Å². The van der Waals surface area contributed by atoms with E-state index >= 15 is 0 Å². The molecule has 0 bridgehead atoms. The smallest absolute Gasteiger partial charge is 0.120 e. The van der Waals surface area contributed by atoms with Gasteiger partial charge in [0.25, 0.3) is 0 Å². The lowest BCUT2D eigenvalue weighted by Gasteiger charge is -2.20. The van der Waals surface area contributed by atoms with Crippen LogP contribution in [0.15, 0.2) is 24.3 Å². The van der Waals surface area contributed by atoms with E-state index in [9.17, 15) is 0 Å². The molecule has 2 heteroatoms. The molecule has 108 valence electrons. The first-order valence-electron chi connectivity index (χ1n) is 7.56. The predicted molar refractivity (Wildman–Crippen MR) is 82.7 cm³/mol. The molecule has 0 heterocycles. The highest BCUT2D eigenvalue weighted by Gasteiger charge is 2.10. The summed E-state index contributed by atoms with van der Waals surface area (Å²) in [6, 6.07) is 8.92. The zero-order valence-corrected chi connectivity index (χ0v) is 13.1. The third kappa shape index (κ3) is 5.65. The van der Waals surface area contributed by atoms with Crippen LogP contribution in [0, 0.1) is 5.92 Å². The van der Waals surface area contributed by atoms with Crippen molar-refractivity contribution in [2.24, 2.45) is 5.92 Å². The largest absolute Gasteiger partial charge is 0.491 e. The molecule has 19 heavy (non-hydrogen) atoms. The monoisotopic (exact) mass is 263 g/mol. The first kappa shape index (κ1) is 16.0. The second-order valence-electron chi connectivity index (χ2n) is 5.65. The average molecular weight is 263 g/mol. The summed E-state index contributed by atoms with van der Waals surface area (Å²) in [5.74, 6) is 1.66. The van der Waals surface area contributed by atoms with Gasteiger partial charge in [0.05, 0.1) is 6.10 Å². The number of benzene rings is 1. The van der Waals surface area contributed by atoms with Crippen LogP contribution in [0.25, 0.3) is 0 Å². The van der Waals surface area contributed by atoms with Crippen molar-refractivity contribution in [1.29, 1.82) is 0 Å². The summed E-state index contributed by atoms with van der Waals surface area (Å²) in [5.41, 5.74) is 1.32. The SMILES string of the molecule is CCNC(CC)c1cccc(OC(C)CC(C)C)c1. The second kappa shape index (κ2) is 8.21. The Labute approximate surface area is 118 Å². The molecule has 0 spiro atoms. The molecule has 2 atom stereocenters. The molecule has 0 saturated carbocycles. The van der Waals surface area contributed by atoms with Crippen LogP contribution in [-0.2, 0) is 0 Å². The molecule has 2 unspecified atom stereocenters. The van der Waals surface area contributed by atoms with Crippen LogP contribution in [0.4, 0.5) is 0 Å². The first-order valence-corrected chi connectivity index (χ1v) is 7.56. The standard InChI is InChI=1S/C17H29NO/c1-6-17(18-7-2)15-9-8-10-16(12-15)19-14(5)11-13(3)4/h8-10,12-14,17-18H,6-7,11H2,1-5H3. The molecule has 0 aliphatic carbocycles. The lowest BCUT2D eigenvalue weighted by atomic mass is 10.0. The van der Waals surface area contributed by atoms with E-state index in [1.165, 1.54) is 5.56 Å². The van der Waals surface area contributed by atoms with Gasteiger partial charge in [-0.1, -0.05) is 39.8 Å². The van der Waals surface area contributed by atoms with E-state index < -0.39 is 0 Å². The molecule has 1 N–H and O–H groups in total. The van der Waals surface area contributed by atoms with E-state index in [-0.39, 0.29) is 6.10 Å². The Bertz CT molecular complexity index is 362. The number of nitrogens with one attached hydrogen (secondary N) is 1. The molecule has 0 aliphatic rings. The minimum Gasteiger partial charge on any atom is -0.491 e. The fourth-order valence-electron chi connectivity index (χ4n) is 2.49. The molecule has 0 fully saturated rings. The van der Waals surface area contributed by atoms with Crippen LogP contribution < -0.4 is 10.1 Å². The van der Waals surface area contributed by atoms with Gasteiger partial charge in [-0.3, -0.25) is 0 Å². The van der Waals surface area contributed by atoms with Crippen LogP contribution in [0.5, 0.6) is 5.75 Å². The lowest BCUT2D eigenvalue weighted by molar-refractivity contribution is 0.193. The Morgan fingerprint density at radius 1 is 1.16 bits per heavy atom. The van der Waals surface area contributed by atoms with Gasteiger partial charge in [-0.05, 0) is 49.9 Å². The van der Waals surface area contributed by atoms with E-state index in [1.807, 2.05) is 0 Å². The summed E-state index contributed by atoms with van der Waals surface area (Å²) in [6.45, 7) is 12.0. The summed E-state index contributed by atoms with van der Waals surface area (Å²) >= 11 is 0. The van der Waals surface area contributed by atoms with Crippen molar-refractivity contribution in [2.75, 3.05) is 6.54 Å². The number of hydrogen-bond acceptors (Lipinski definition) is 2. The molecular formula is C17H29NO. The quantitative estimate of drug-likeness (QED) is 0.742. The zero-order chi connectivity index (χ0) is 14.3. The van der Waals surface area contributed by atoms with E-state index in [0.29, 0.717) is 12.0 Å². The molecule has 0 saturated heterocycles. The van der Waals surface area contributed by atoms with E-state index in [1.54, 1.807) is 0 Å². The average Bonchev–Trinajstić information content (AvgIpc) is 2.35. The highest BCUT2D eigenvalue weighted by molar-refractivity contribution is 5.30. The van der Waals surface area contributed by atoms with Crippen molar-refractivity contribution in [1.82, 2.24) is 5.32 Å². The minimum absolute atomic E-state index is 0.273. The normalized spacial score (nSPS) is 14.4. The van der Waals surface area contributed by atoms with Crippen molar-refractivity contribution < 1.29 is 4.74 Å². The molecule has 0 radical (unpaired) electrons. The maximum Gasteiger partial charge on any atom is 0.120 e. The predicted octanol–water partition coefficient (Wildman–Crippen LogP) is 4.56. The summed E-state index contributed by atoms with van der Waals surface area (Å²) in [5, 5.41) is 3.51. The Balaban J connectivity index is 2.70. The van der Waals surface area contributed by atoms with Crippen molar-refractivity contribution >= 4 is 0 Å². The third-order valence-electron chi connectivity index (χ3n) is 3.26. The Kier molecular flexibility index (Phi) is 6.93. The lowest BCUT2D eigenvalue weighted by Crippen LogP contribution is -2.20. The van der Waals surface area contributed by atoms with Gasteiger partial charge in [-0.25, -0.2) is 0 Å². The molecular weight excluding hydrogens is 234 g/mol. The molecule has 2 nitrogen and oxygen atoms in total. The van der Waals surface area contributed by atoms with Gasteiger partial charge in [-0.2, -0.15) is 0 Å². The summed E-state index contributed by atoms with van der Waals surface area (Å²) in [6.07, 6.45) is 2.46. The van der Waals surface area contributed by atoms with Gasteiger partial charge in [0.15, 0.2) is 0 Å². The van der Waals surface area contributed by atoms with Gasteiger partial charge in [-0.15, -0.1) is 0 Å². The van der Waals surface area contributed by atoms with Crippen LogP contribution >= 0.6 is 0 Å². The maximum atomic E-state index is 6.01. The molecule has 1 rings (SSSR count). The third-order valence-corrected chi connectivity index (χ3v) is 3.26. The Hall–Kier alpha value is -1.02. The number of ether oxygens (including phenoxy) is 1. The van der Waals surface area contributed by atoms with Gasteiger partial charge in [0.1, 0.15) is 5.75 Å². The highest BCUT2D eigenvalue weighted by Crippen LogP contribution is 2.23. The summed E-state index contributed by atoms with van der Waals surface area (Å²) in [7, 11) is 0. The zero-order valence-electron chi connectivity index (χ0n) is 13.1. The molecule has 1 aromatic carbocycles. The van der Waals surface area contributed by atoms with Crippen LogP contribution in [-0.4, -0.2) is 12.6 Å². The van der Waals surface area contributed by atoms with Crippen LogP contribution in [0.1, 0.15) is 59.1 Å². The van der Waals surface area contributed by atoms with E-state index in [2.05, 4.69) is 64.2 Å². The minimum atomic E-state index is 0.273. The van der Waals surface area contributed by atoms with Crippen molar-refractivity contribution in [2.45, 2.75) is 59.6 Å². The molecule has 0 aromatic heterocycles. The summed E-state index contributed by atoms with van der Waals surface area (Å²) in [4.78, 5) is 0. The molecule has 0 amide bonds. The number of rotatable bonds is 8. The van der Waals surface area contributed by atoms with Crippen molar-refractivity contribution in [3.63, 3.8) is 0 Å². The summed E-state index contributed by atoms with van der Waals surface area (Å²) < 4.78 is 6.01. The van der Waals surface area contributed by atoms with Gasteiger partial charge >= 0.3 is 0 Å². The van der Waals surface area contributed by atoms with E-state index in [0.717, 1.165) is 25.1 Å². The fourth-order valence-corrected chi connectivity index (χ4v) is 2.49.